The van der Waals surface area contributed by atoms with Gasteiger partial charge >= 0.3 is 0 Å². The molecule has 1 aromatic carbocycles. The van der Waals surface area contributed by atoms with Crippen molar-refractivity contribution < 1.29 is 0 Å². The summed E-state index contributed by atoms with van der Waals surface area (Å²) in [7, 11) is 0. The highest BCUT2D eigenvalue weighted by Gasteiger charge is 2.09. The van der Waals surface area contributed by atoms with Crippen molar-refractivity contribution in [3.8, 4) is 0 Å². The van der Waals surface area contributed by atoms with Gasteiger partial charge in [-0.25, -0.2) is 10.8 Å². The highest BCUT2D eigenvalue weighted by Crippen LogP contribution is 2.32. The van der Waals surface area contributed by atoms with Crippen molar-refractivity contribution in [2.45, 2.75) is 0 Å². The highest BCUT2D eigenvalue weighted by molar-refractivity contribution is 6.37. The van der Waals surface area contributed by atoms with E-state index in [4.69, 9.17) is 52.2 Å². The lowest BCUT2D eigenvalue weighted by Gasteiger charge is -2.11. The summed E-state index contributed by atoms with van der Waals surface area (Å²) in [4.78, 5) is 4.15. The Bertz CT molecular complexity index is 598. The Morgan fingerprint density at radius 1 is 0.842 bits per heavy atom. The number of aromatic nitrogens is 1. The first-order valence-electron chi connectivity index (χ1n) is 5.05. The van der Waals surface area contributed by atoms with Crippen molar-refractivity contribution in [3.63, 3.8) is 0 Å². The molecule has 0 amide bonds. The molecule has 0 spiro atoms. The maximum atomic E-state index is 6.04. The summed E-state index contributed by atoms with van der Waals surface area (Å²) in [6, 6.07) is 6.53. The smallest absolute Gasteiger partial charge is 0.161 e. The van der Waals surface area contributed by atoms with Gasteiger partial charge in [0.2, 0.25) is 0 Å². The van der Waals surface area contributed by atoms with Gasteiger partial charge in [-0.3, -0.25) is 0 Å². The van der Waals surface area contributed by atoms with Crippen LogP contribution in [0.1, 0.15) is 0 Å². The minimum atomic E-state index is 0.307. The van der Waals surface area contributed by atoms with Gasteiger partial charge in [0.1, 0.15) is 0 Å². The summed E-state index contributed by atoms with van der Waals surface area (Å²) >= 11 is 23.8. The summed E-state index contributed by atoms with van der Waals surface area (Å²) in [5, 5.41) is 4.65. The van der Waals surface area contributed by atoms with Crippen LogP contribution in [0, 0.1) is 0 Å². The van der Waals surface area contributed by atoms with Crippen molar-refractivity contribution >= 4 is 63.7 Å². The summed E-state index contributed by atoms with van der Waals surface area (Å²) in [5.41, 5.74) is 3.03. The number of nitrogens with two attached hydrogens (primary N) is 1. The van der Waals surface area contributed by atoms with E-state index in [1.165, 1.54) is 6.07 Å². The molecule has 4 N–H and O–H groups in total. The molecular weight excluding hydrogens is 330 g/mol. The van der Waals surface area contributed by atoms with Crippen LogP contribution in [0.4, 0.5) is 17.3 Å². The van der Waals surface area contributed by atoms with Gasteiger partial charge in [-0.2, -0.15) is 0 Å². The van der Waals surface area contributed by atoms with E-state index < -0.39 is 0 Å². The minimum absolute atomic E-state index is 0.307. The Morgan fingerprint density at radius 3 is 2.00 bits per heavy atom. The molecule has 0 aliphatic rings. The van der Waals surface area contributed by atoms with Gasteiger partial charge in [0.25, 0.3) is 0 Å². The average molecular weight is 338 g/mol. The van der Waals surface area contributed by atoms with Crippen LogP contribution in [-0.2, 0) is 0 Å². The van der Waals surface area contributed by atoms with E-state index in [1.807, 2.05) is 0 Å². The van der Waals surface area contributed by atoms with Gasteiger partial charge < -0.3 is 10.7 Å². The molecule has 0 radical (unpaired) electrons. The molecular formula is C11H8Cl4N4. The highest BCUT2D eigenvalue weighted by atomic mass is 35.5. The normalized spacial score (nSPS) is 10.4. The second kappa shape index (κ2) is 6.03. The SMILES string of the molecule is NNc1nc(Nc2cc(Cl)cc(Cl)c2)c(Cl)cc1Cl. The molecule has 0 saturated heterocycles. The zero-order valence-electron chi connectivity index (χ0n) is 9.35. The van der Waals surface area contributed by atoms with E-state index in [0.717, 1.165) is 0 Å². The predicted molar refractivity (Wildman–Crippen MR) is 81.8 cm³/mol. The van der Waals surface area contributed by atoms with Crippen molar-refractivity contribution in [3.05, 3.63) is 44.4 Å². The lowest BCUT2D eigenvalue weighted by atomic mass is 10.3. The van der Waals surface area contributed by atoms with E-state index in [1.54, 1.807) is 18.2 Å². The summed E-state index contributed by atoms with van der Waals surface area (Å²) in [6.45, 7) is 0. The number of benzene rings is 1. The molecule has 4 nitrogen and oxygen atoms in total. The molecule has 19 heavy (non-hydrogen) atoms. The zero-order chi connectivity index (χ0) is 14.0. The summed E-state index contributed by atoms with van der Waals surface area (Å²) in [6.07, 6.45) is 0. The average Bonchev–Trinajstić information content (AvgIpc) is 2.31. The van der Waals surface area contributed by atoms with Gasteiger partial charge in [0.15, 0.2) is 11.6 Å². The third-order valence-corrected chi connectivity index (χ3v) is 3.20. The van der Waals surface area contributed by atoms with Gasteiger partial charge in [0.05, 0.1) is 10.0 Å². The van der Waals surface area contributed by atoms with Crippen molar-refractivity contribution in [2.24, 2.45) is 5.84 Å². The maximum Gasteiger partial charge on any atom is 0.161 e. The molecule has 0 bridgehead atoms. The first kappa shape index (κ1) is 14.5. The molecule has 1 heterocycles. The molecule has 8 heteroatoms. The van der Waals surface area contributed by atoms with Crippen LogP contribution in [0.2, 0.25) is 20.1 Å². The Hall–Kier alpha value is -0.910. The van der Waals surface area contributed by atoms with Crippen LogP contribution in [0.5, 0.6) is 0 Å². The maximum absolute atomic E-state index is 6.04. The quantitative estimate of drug-likeness (QED) is 0.560. The Balaban J connectivity index is 2.37. The third-order valence-electron chi connectivity index (χ3n) is 2.19. The molecule has 0 aliphatic heterocycles. The van der Waals surface area contributed by atoms with E-state index in [9.17, 15) is 0 Å². The monoisotopic (exact) mass is 336 g/mol. The van der Waals surface area contributed by atoms with Crippen LogP contribution in [-0.4, -0.2) is 4.98 Å². The Kier molecular flexibility index (Phi) is 4.60. The number of halogens is 4. The lowest BCUT2D eigenvalue weighted by Crippen LogP contribution is -2.10. The standard InChI is InChI=1S/C11H8Cl4N4/c12-5-1-6(13)3-7(2-5)17-10-8(14)4-9(15)11(18-10)19-16/h1-4H,16H2,(H2,17,18,19). The largest absolute Gasteiger partial charge is 0.339 e. The zero-order valence-corrected chi connectivity index (χ0v) is 12.4. The number of nitrogen functional groups attached to an aromatic ring is 1. The van der Waals surface area contributed by atoms with Crippen LogP contribution in [0.25, 0.3) is 0 Å². The fraction of sp³-hybridized carbons (Fsp3) is 0. The molecule has 1 aromatic heterocycles. The van der Waals surface area contributed by atoms with E-state index in [-0.39, 0.29) is 0 Å². The second-order valence-electron chi connectivity index (χ2n) is 3.58. The number of nitrogens with one attached hydrogen (secondary N) is 2. The molecule has 2 aromatic rings. The summed E-state index contributed by atoms with van der Waals surface area (Å²) in [5.74, 6) is 5.99. The number of hydrogen-bond acceptors (Lipinski definition) is 4. The van der Waals surface area contributed by atoms with Gasteiger partial charge in [0, 0.05) is 15.7 Å². The molecule has 100 valence electrons. The van der Waals surface area contributed by atoms with Gasteiger partial charge in [-0.15, -0.1) is 0 Å². The number of hydrogen-bond donors (Lipinski definition) is 3. The van der Waals surface area contributed by atoms with Gasteiger partial charge in [-0.05, 0) is 24.3 Å². The Morgan fingerprint density at radius 2 is 1.42 bits per heavy atom. The topological polar surface area (TPSA) is 63.0 Å². The van der Waals surface area contributed by atoms with Crippen molar-refractivity contribution in [1.82, 2.24) is 4.98 Å². The third kappa shape index (κ3) is 3.55. The fourth-order valence-corrected chi connectivity index (χ4v) is 2.40. The molecule has 0 aliphatic carbocycles. The van der Waals surface area contributed by atoms with E-state index in [2.05, 4.69) is 15.7 Å². The molecule has 0 saturated carbocycles. The second-order valence-corrected chi connectivity index (χ2v) is 5.26. The van der Waals surface area contributed by atoms with Crippen LogP contribution in [0.15, 0.2) is 24.3 Å². The van der Waals surface area contributed by atoms with Crippen LogP contribution in [0.3, 0.4) is 0 Å². The number of pyridine rings is 1. The molecule has 0 unspecified atom stereocenters. The predicted octanol–water partition coefficient (Wildman–Crippen LogP) is 4.72. The first-order chi connectivity index (χ1) is 8.99. The van der Waals surface area contributed by atoms with Crippen LogP contribution >= 0.6 is 46.4 Å². The number of nitrogens with zero attached hydrogens (tertiary/aromatic N) is 1. The molecule has 0 atom stereocenters. The summed E-state index contributed by atoms with van der Waals surface area (Å²) < 4.78 is 0. The first-order valence-corrected chi connectivity index (χ1v) is 6.56. The van der Waals surface area contributed by atoms with Crippen LogP contribution < -0.4 is 16.6 Å². The Labute approximate surface area is 129 Å². The molecule has 2 rings (SSSR count). The molecule has 0 fully saturated rings. The van der Waals surface area contributed by atoms with Crippen molar-refractivity contribution in [1.29, 1.82) is 0 Å². The lowest BCUT2D eigenvalue weighted by molar-refractivity contribution is 1.22. The number of rotatable bonds is 3. The van der Waals surface area contributed by atoms with Crippen molar-refractivity contribution in [2.75, 3.05) is 10.7 Å². The number of hydrazine groups is 1. The van der Waals surface area contributed by atoms with Gasteiger partial charge in [-0.1, -0.05) is 46.4 Å². The minimum Gasteiger partial charge on any atom is -0.339 e. The van der Waals surface area contributed by atoms with E-state index >= 15 is 0 Å². The fourth-order valence-electron chi connectivity index (χ4n) is 1.42. The number of anilines is 3. The van der Waals surface area contributed by atoms with E-state index in [0.29, 0.717) is 37.4 Å².